The molecular weight excluding hydrogens is 1100 g/mol. The molecule has 3 aromatic carbocycles. The molecule has 10 rings (SSSR count). The normalized spacial score (nSPS) is 32.9. The van der Waals surface area contributed by atoms with Crippen molar-refractivity contribution in [3.63, 3.8) is 0 Å². The SMILES string of the molecule is C[C@]12C=CC(=O)C=C1[C@@H](F)C[C@H]1[C@@H]3C[C@H]4CN(c5ccc(Cc6cccc(NC(=O)OCc7ccc(O[C@@H]8O[C@H](C(=O)O)[C@@H](O)[C@H](O)[C@H]8O)c(NC(=O)CCNC(=O)CCN8C(=O)C=CC8=O)c7)c6)cc5)C[C@@]4(C(=O)CO)[C@@]3(C)C[C@H](O)[C@@]12F. The molecule has 0 radical (unpaired) electrons. The lowest BCUT2D eigenvalue weighted by molar-refractivity contribution is -0.271. The van der Waals surface area contributed by atoms with Crippen molar-refractivity contribution in [3.8, 4) is 5.75 Å². The second kappa shape index (κ2) is 23.0. The Bertz CT molecular complexity index is 3250. The second-order valence-corrected chi connectivity index (χ2v) is 23.2. The molecule has 3 heterocycles. The van der Waals surface area contributed by atoms with Crippen LogP contribution in [0.2, 0.25) is 0 Å². The molecule has 0 bridgehead atoms. The van der Waals surface area contributed by atoms with E-state index in [1.165, 1.54) is 30.4 Å². The number of carboxylic acids is 1. The first-order chi connectivity index (χ1) is 39.9. The van der Waals surface area contributed by atoms with Gasteiger partial charge in [-0.2, -0.15) is 0 Å². The number of ether oxygens (including phenoxy) is 3. The first-order valence-electron chi connectivity index (χ1n) is 27.7. The zero-order valence-corrected chi connectivity index (χ0v) is 45.8. The highest BCUT2D eigenvalue weighted by atomic mass is 19.1. The summed E-state index contributed by atoms with van der Waals surface area (Å²) in [5.74, 6) is -6.81. The quantitative estimate of drug-likeness (QED) is 0.0827. The molecule has 3 aromatic rings. The fourth-order valence-electron chi connectivity index (χ4n) is 14.4. The van der Waals surface area contributed by atoms with Gasteiger partial charge in [0, 0.05) is 73.9 Å². The van der Waals surface area contributed by atoms with E-state index in [0.29, 0.717) is 30.6 Å². The summed E-state index contributed by atoms with van der Waals surface area (Å²) in [5.41, 5.74) is -2.85. The van der Waals surface area contributed by atoms with E-state index >= 15 is 8.78 Å². The number of carbonyl (C=O) groups excluding carboxylic acids is 7. The van der Waals surface area contributed by atoms with Crippen molar-refractivity contribution >= 4 is 64.3 Å². The number of halogens is 2. The third-order valence-corrected chi connectivity index (χ3v) is 18.6. The largest absolute Gasteiger partial charge is 0.479 e. The Balaban J connectivity index is 0.764. The van der Waals surface area contributed by atoms with E-state index in [0.717, 1.165) is 39.9 Å². The van der Waals surface area contributed by atoms with Gasteiger partial charge in [-0.3, -0.25) is 39.0 Å². The number of benzene rings is 3. The monoisotopic (exact) mass is 1170 g/mol. The van der Waals surface area contributed by atoms with Gasteiger partial charge in [-0.05, 0) is 121 Å². The van der Waals surface area contributed by atoms with Gasteiger partial charge in [0.15, 0.2) is 23.3 Å². The van der Waals surface area contributed by atoms with Gasteiger partial charge in [-0.15, -0.1) is 0 Å². The number of Topliss-reactive ketones (excluding diaryl/α,β-unsaturated/α-hetero) is 1. The highest BCUT2D eigenvalue weighted by Gasteiger charge is 2.78. The predicted octanol–water partition coefficient (Wildman–Crippen LogP) is 2.97. The topological polar surface area (TPSA) is 328 Å². The van der Waals surface area contributed by atoms with Gasteiger partial charge in [0.05, 0.1) is 17.2 Å². The number of imide groups is 1. The molecular formula is C60H65F2N5O17. The van der Waals surface area contributed by atoms with Crippen LogP contribution in [0.25, 0.3) is 0 Å². The van der Waals surface area contributed by atoms with Crippen LogP contribution in [-0.2, 0) is 56.1 Å². The maximum atomic E-state index is 17.9. The zero-order valence-electron chi connectivity index (χ0n) is 45.8. The Morgan fingerprint density at radius 1 is 0.821 bits per heavy atom. The predicted molar refractivity (Wildman–Crippen MR) is 292 cm³/mol. The number of anilines is 3. The minimum absolute atomic E-state index is 0.0273. The maximum absolute atomic E-state index is 17.9. The van der Waals surface area contributed by atoms with Gasteiger partial charge < -0.3 is 60.4 Å². The third-order valence-electron chi connectivity index (χ3n) is 18.6. The number of amides is 5. The number of hydrogen-bond acceptors (Lipinski definition) is 17. The number of aliphatic hydroxyl groups excluding tert-OH is 5. The van der Waals surface area contributed by atoms with Crippen LogP contribution in [0.5, 0.6) is 5.75 Å². The minimum Gasteiger partial charge on any atom is -0.479 e. The van der Waals surface area contributed by atoms with E-state index in [9.17, 15) is 69.0 Å². The van der Waals surface area contributed by atoms with Gasteiger partial charge in [-0.1, -0.05) is 43.3 Å². The number of nitrogens with zero attached hydrogens (tertiary/aromatic N) is 2. The van der Waals surface area contributed by atoms with Crippen molar-refractivity contribution in [1.29, 1.82) is 0 Å². The number of rotatable bonds is 18. The van der Waals surface area contributed by atoms with Gasteiger partial charge in [-0.25, -0.2) is 18.4 Å². The number of allylic oxidation sites excluding steroid dienone is 4. The molecule has 3 saturated carbocycles. The Labute approximate surface area is 480 Å². The standard InChI is InChI=1S/C60H65F2N5O17/c1-57-17-14-37(69)24-40(57)41(61)25-39-38-23-34-27-66(30-59(34,45(71)28-68)58(38,2)26-44(70)60(39,57)62)36-9-6-31(7-10-36)20-32-4-3-5-35(21-32)64-56(81)82-29-33-8-11-43(83-55-52(78)50(76)51(77)53(84-55)54(79)80)42(22-33)65-47(73)15-18-63-46(72)16-19-67-48(74)12-13-49(67)75/h3-14,17,21-22,24,34,38-39,41,44,50-53,55,68,70,76-78H,15-16,18-20,23,25-30H2,1-2H3,(H,63,72)(H,64,81)(H,65,73)(H,79,80)/t34-,38-,39-,41-,44-,50-,51-,52+,53-,55+,57-,58-,59+,60-/m0/s1. The van der Waals surface area contributed by atoms with Crippen molar-refractivity contribution < 1.29 is 92.0 Å². The van der Waals surface area contributed by atoms with Crippen molar-refractivity contribution in [2.75, 3.05) is 48.3 Å². The van der Waals surface area contributed by atoms with E-state index in [1.54, 1.807) is 25.1 Å². The minimum atomic E-state index is -2.29. The molecule has 24 heteroatoms. The van der Waals surface area contributed by atoms with Gasteiger partial charge in [0.2, 0.25) is 18.1 Å². The summed E-state index contributed by atoms with van der Waals surface area (Å²) in [6.07, 6.45) is -7.95. The number of alkyl halides is 2. The lowest BCUT2D eigenvalue weighted by Gasteiger charge is -2.63. The summed E-state index contributed by atoms with van der Waals surface area (Å²) in [5, 5.41) is 71.0. The number of fused-ring (bicyclic) bond motifs is 7. The molecule has 14 atom stereocenters. The summed E-state index contributed by atoms with van der Waals surface area (Å²) >= 11 is 0. The number of ketones is 2. The summed E-state index contributed by atoms with van der Waals surface area (Å²) < 4.78 is 50.6. The Kier molecular flexibility index (Phi) is 16.3. The average molecular weight is 1170 g/mol. The lowest BCUT2D eigenvalue weighted by atomic mass is 9.43. The summed E-state index contributed by atoms with van der Waals surface area (Å²) in [7, 11) is 0. The molecule has 2 saturated heterocycles. The molecule has 446 valence electrons. The van der Waals surface area contributed by atoms with Crippen molar-refractivity contribution in [2.24, 2.45) is 34.0 Å². The summed E-state index contributed by atoms with van der Waals surface area (Å²) in [6.45, 7) is 2.57. The van der Waals surface area contributed by atoms with E-state index in [-0.39, 0.29) is 74.9 Å². The average Bonchev–Trinajstić information content (AvgIpc) is 1.40. The maximum Gasteiger partial charge on any atom is 0.411 e. The van der Waals surface area contributed by atoms with E-state index in [2.05, 4.69) is 20.9 Å². The van der Waals surface area contributed by atoms with Gasteiger partial charge in [0.1, 0.15) is 43.4 Å². The van der Waals surface area contributed by atoms with Crippen LogP contribution in [0.1, 0.15) is 62.6 Å². The Morgan fingerprint density at radius 3 is 2.26 bits per heavy atom. The fraction of sp³-hybridized carbons (Fsp3) is 0.467. The third kappa shape index (κ3) is 10.6. The number of aliphatic hydroxyl groups is 5. The first-order valence-corrected chi connectivity index (χ1v) is 27.7. The van der Waals surface area contributed by atoms with Crippen LogP contribution in [0, 0.1) is 34.0 Å². The molecule has 84 heavy (non-hydrogen) atoms. The molecule has 4 aliphatic carbocycles. The van der Waals surface area contributed by atoms with Crippen molar-refractivity contribution in [1.82, 2.24) is 10.2 Å². The lowest BCUT2D eigenvalue weighted by Crippen LogP contribution is -2.69. The highest BCUT2D eigenvalue weighted by molar-refractivity contribution is 6.13. The molecule has 0 unspecified atom stereocenters. The van der Waals surface area contributed by atoms with Crippen LogP contribution < -0.4 is 25.6 Å². The van der Waals surface area contributed by atoms with Crippen LogP contribution in [0.3, 0.4) is 0 Å². The van der Waals surface area contributed by atoms with Crippen LogP contribution in [0.15, 0.2) is 103 Å². The van der Waals surface area contributed by atoms with Gasteiger partial charge >= 0.3 is 12.1 Å². The van der Waals surface area contributed by atoms with E-state index in [1.807, 2.05) is 37.3 Å². The van der Waals surface area contributed by atoms with Gasteiger partial charge in [0.25, 0.3) is 11.8 Å². The number of carboxylic acid groups (broad SMARTS) is 1. The Morgan fingerprint density at radius 2 is 1.55 bits per heavy atom. The van der Waals surface area contributed by atoms with E-state index in [4.69, 9.17) is 14.2 Å². The molecule has 5 amide bonds. The molecule has 0 aromatic heterocycles. The highest BCUT2D eigenvalue weighted by Crippen LogP contribution is 2.74. The zero-order chi connectivity index (χ0) is 60.2. The number of aliphatic carboxylic acids is 1. The molecule has 7 aliphatic rings. The molecule has 9 N–H and O–H groups in total. The summed E-state index contributed by atoms with van der Waals surface area (Å²) in [4.78, 5) is 104. The second-order valence-electron chi connectivity index (χ2n) is 23.2. The number of hydrogen-bond donors (Lipinski definition) is 9. The number of carbonyl (C=O) groups is 8. The van der Waals surface area contributed by atoms with Crippen LogP contribution in [-0.4, -0.2) is 164 Å². The smallest absolute Gasteiger partial charge is 0.411 e. The van der Waals surface area contributed by atoms with Crippen molar-refractivity contribution in [3.05, 3.63) is 119 Å². The van der Waals surface area contributed by atoms with Crippen molar-refractivity contribution in [2.45, 2.75) is 108 Å². The van der Waals surface area contributed by atoms with Crippen LogP contribution >= 0.6 is 0 Å². The Hall–Kier alpha value is -7.74. The first kappa shape index (κ1) is 59.4. The summed E-state index contributed by atoms with van der Waals surface area (Å²) in [6, 6.07) is 18.8. The molecule has 22 nitrogen and oxygen atoms in total. The molecule has 5 fully saturated rings. The molecule has 3 aliphatic heterocycles. The van der Waals surface area contributed by atoms with E-state index < -0.39 is 131 Å². The number of nitrogens with one attached hydrogen (secondary N) is 3. The van der Waals surface area contributed by atoms with Crippen LogP contribution in [0.4, 0.5) is 30.6 Å². The fourth-order valence-corrected chi connectivity index (χ4v) is 14.4. The molecule has 0 spiro atoms.